The highest BCUT2D eigenvalue weighted by atomic mass is 16.5. The first kappa shape index (κ1) is 12.3. The molecule has 98 valence electrons. The molecule has 3 aromatic rings. The minimum atomic E-state index is 0.240. The summed E-state index contributed by atoms with van der Waals surface area (Å²) in [7, 11) is 1.65. The lowest BCUT2D eigenvalue weighted by atomic mass is 10.0. The molecule has 0 saturated carbocycles. The van der Waals surface area contributed by atoms with Gasteiger partial charge in [0.05, 0.1) is 30.3 Å². The molecule has 0 fully saturated rings. The number of hydrogen-bond acceptors (Lipinski definition) is 3. The second-order valence-electron chi connectivity index (χ2n) is 4.35. The van der Waals surface area contributed by atoms with Crippen LogP contribution in [0.15, 0.2) is 47.6 Å². The van der Waals surface area contributed by atoms with Crippen LogP contribution in [0.25, 0.3) is 32.1 Å². The molecule has 0 saturated heterocycles. The highest BCUT2D eigenvalue weighted by Crippen LogP contribution is 2.33. The van der Waals surface area contributed by atoms with Crippen molar-refractivity contribution in [2.75, 3.05) is 7.11 Å². The molecule has 0 amide bonds. The van der Waals surface area contributed by atoms with E-state index in [4.69, 9.17) is 10.3 Å². The first-order valence-corrected chi connectivity index (χ1v) is 6.20. The number of azide groups is 1. The van der Waals surface area contributed by atoms with Gasteiger partial charge >= 0.3 is 0 Å². The topological polar surface area (TPSA) is 70.9 Å². The van der Waals surface area contributed by atoms with Gasteiger partial charge in [0.2, 0.25) is 0 Å². The molecule has 0 atom stereocenters. The van der Waals surface area contributed by atoms with Gasteiger partial charge in [-0.3, -0.25) is 4.98 Å². The molecular formula is C15H12N4O. The molecule has 0 bridgehead atoms. The van der Waals surface area contributed by atoms with E-state index in [9.17, 15) is 0 Å². The Hall–Kier alpha value is -2.78. The van der Waals surface area contributed by atoms with Gasteiger partial charge in [0.25, 0.3) is 0 Å². The maximum Gasteiger partial charge on any atom is 0.128 e. The van der Waals surface area contributed by atoms with Crippen molar-refractivity contribution in [3.63, 3.8) is 0 Å². The third-order valence-electron chi connectivity index (χ3n) is 3.27. The summed E-state index contributed by atoms with van der Waals surface area (Å²) in [4.78, 5) is 7.42. The summed E-state index contributed by atoms with van der Waals surface area (Å²) < 4.78 is 5.43. The lowest BCUT2D eigenvalue weighted by molar-refractivity contribution is 0.420. The van der Waals surface area contributed by atoms with Gasteiger partial charge in [0, 0.05) is 10.3 Å². The molecule has 0 radical (unpaired) electrons. The highest BCUT2D eigenvalue weighted by Gasteiger charge is 2.10. The predicted octanol–water partition coefficient (Wildman–Crippen LogP) is 4.21. The minimum absolute atomic E-state index is 0.240. The standard InChI is InChI=1S/C15H12N4O/c1-20-14-8-4-7-12-15(14)11-6-3-2-5-10(11)13(18-12)9-17-19-16/h2-8H,9H2,1H3. The minimum Gasteiger partial charge on any atom is -0.496 e. The molecule has 0 unspecified atom stereocenters. The van der Waals surface area contributed by atoms with Crippen molar-refractivity contribution in [2.24, 2.45) is 5.11 Å². The van der Waals surface area contributed by atoms with Crippen molar-refractivity contribution in [1.29, 1.82) is 0 Å². The molecule has 0 aliphatic carbocycles. The van der Waals surface area contributed by atoms with Crippen LogP contribution >= 0.6 is 0 Å². The number of aromatic nitrogens is 1. The average molecular weight is 264 g/mol. The van der Waals surface area contributed by atoms with Crippen LogP contribution in [0.3, 0.4) is 0 Å². The van der Waals surface area contributed by atoms with E-state index in [1.165, 1.54) is 0 Å². The van der Waals surface area contributed by atoms with Crippen LogP contribution in [0.2, 0.25) is 0 Å². The summed E-state index contributed by atoms with van der Waals surface area (Å²) in [6.45, 7) is 0.240. The zero-order valence-corrected chi connectivity index (χ0v) is 10.9. The van der Waals surface area contributed by atoms with Crippen molar-refractivity contribution in [1.82, 2.24) is 4.98 Å². The monoisotopic (exact) mass is 264 g/mol. The molecule has 2 aromatic carbocycles. The van der Waals surface area contributed by atoms with Gasteiger partial charge in [0.1, 0.15) is 5.75 Å². The van der Waals surface area contributed by atoms with Gasteiger partial charge in [-0.2, -0.15) is 0 Å². The molecule has 1 aromatic heterocycles. The number of ether oxygens (including phenoxy) is 1. The quantitative estimate of drug-likeness (QED) is 0.308. The van der Waals surface area contributed by atoms with Crippen molar-refractivity contribution in [3.05, 3.63) is 58.6 Å². The van der Waals surface area contributed by atoms with Crippen LogP contribution < -0.4 is 4.74 Å². The average Bonchev–Trinajstić information content (AvgIpc) is 2.51. The van der Waals surface area contributed by atoms with Crippen LogP contribution in [0, 0.1) is 0 Å². The normalized spacial score (nSPS) is 10.4. The van der Waals surface area contributed by atoms with E-state index < -0.39 is 0 Å². The Morgan fingerprint density at radius 1 is 1.15 bits per heavy atom. The summed E-state index contributed by atoms with van der Waals surface area (Å²) in [5.74, 6) is 0.793. The maximum atomic E-state index is 8.51. The third kappa shape index (κ3) is 1.90. The van der Waals surface area contributed by atoms with Crippen LogP contribution in [-0.4, -0.2) is 12.1 Å². The number of pyridine rings is 1. The molecule has 0 spiro atoms. The number of rotatable bonds is 3. The van der Waals surface area contributed by atoms with Crippen molar-refractivity contribution >= 4 is 21.7 Å². The Morgan fingerprint density at radius 3 is 2.70 bits per heavy atom. The van der Waals surface area contributed by atoms with E-state index in [1.807, 2.05) is 42.5 Å². The van der Waals surface area contributed by atoms with Crippen LogP contribution in [-0.2, 0) is 6.54 Å². The largest absolute Gasteiger partial charge is 0.496 e. The van der Waals surface area contributed by atoms with Crippen LogP contribution in [0.1, 0.15) is 5.69 Å². The summed E-state index contributed by atoms with van der Waals surface area (Å²) >= 11 is 0. The molecule has 3 rings (SSSR count). The first-order chi connectivity index (χ1) is 9.85. The Bertz CT molecular complexity index is 838. The summed E-state index contributed by atoms with van der Waals surface area (Å²) in [5, 5.41) is 6.65. The van der Waals surface area contributed by atoms with Gasteiger partial charge in [-0.05, 0) is 23.1 Å². The highest BCUT2D eigenvalue weighted by molar-refractivity contribution is 6.09. The lowest BCUT2D eigenvalue weighted by Crippen LogP contribution is -1.94. The van der Waals surface area contributed by atoms with E-state index >= 15 is 0 Å². The second-order valence-corrected chi connectivity index (χ2v) is 4.35. The fourth-order valence-corrected chi connectivity index (χ4v) is 2.43. The van der Waals surface area contributed by atoms with E-state index in [2.05, 4.69) is 15.0 Å². The summed E-state index contributed by atoms with van der Waals surface area (Å²) in [5.41, 5.74) is 10.1. The Labute approximate surface area is 115 Å². The van der Waals surface area contributed by atoms with Crippen molar-refractivity contribution in [3.8, 4) is 5.75 Å². The lowest BCUT2D eigenvalue weighted by Gasteiger charge is -2.11. The molecule has 0 aliphatic heterocycles. The second kappa shape index (κ2) is 5.07. The van der Waals surface area contributed by atoms with Gasteiger partial charge in [0.15, 0.2) is 0 Å². The fourth-order valence-electron chi connectivity index (χ4n) is 2.43. The zero-order valence-electron chi connectivity index (χ0n) is 10.9. The van der Waals surface area contributed by atoms with Gasteiger partial charge < -0.3 is 4.74 Å². The van der Waals surface area contributed by atoms with E-state index in [-0.39, 0.29) is 6.54 Å². The Kier molecular flexibility index (Phi) is 3.11. The predicted molar refractivity (Wildman–Crippen MR) is 78.7 cm³/mol. The van der Waals surface area contributed by atoms with Crippen LogP contribution in [0.5, 0.6) is 5.75 Å². The molecule has 0 aliphatic rings. The number of nitrogens with zero attached hydrogens (tertiary/aromatic N) is 4. The molecule has 0 N–H and O–H groups in total. The van der Waals surface area contributed by atoms with Gasteiger partial charge in [-0.1, -0.05) is 35.4 Å². The number of hydrogen-bond donors (Lipinski definition) is 0. The Balaban J connectivity index is 2.45. The molecule has 5 nitrogen and oxygen atoms in total. The maximum absolute atomic E-state index is 8.51. The van der Waals surface area contributed by atoms with Crippen LogP contribution in [0.4, 0.5) is 0 Å². The first-order valence-electron chi connectivity index (χ1n) is 6.20. The van der Waals surface area contributed by atoms with Crippen molar-refractivity contribution < 1.29 is 4.74 Å². The Morgan fingerprint density at radius 2 is 1.95 bits per heavy atom. The molecule has 5 heteroatoms. The number of fused-ring (bicyclic) bond motifs is 3. The van der Waals surface area contributed by atoms with Crippen molar-refractivity contribution in [2.45, 2.75) is 6.54 Å². The fraction of sp³-hybridized carbons (Fsp3) is 0.133. The van der Waals surface area contributed by atoms with Gasteiger partial charge in [-0.15, -0.1) is 0 Å². The zero-order chi connectivity index (χ0) is 13.9. The van der Waals surface area contributed by atoms with E-state index in [0.717, 1.165) is 33.1 Å². The smallest absolute Gasteiger partial charge is 0.128 e. The van der Waals surface area contributed by atoms with E-state index in [1.54, 1.807) is 7.11 Å². The molecule has 20 heavy (non-hydrogen) atoms. The van der Waals surface area contributed by atoms with E-state index in [0.29, 0.717) is 0 Å². The summed E-state index contributed by atoms with van der Waals surface area (Å²) in [6, 6.07) is 13.7. The number of methoxy groups -OCH3 is 1. The summed E-state index contributed by atoms with van der Waals surface area (Å²) in [6.07, 6.45) is 0. The SMILES string of the molecule is COc1cccc2nc(CN=[N+]=[N-])c3ccccc3c12. The van der Waals surface area contributed by atoms with Gasteiger partial charge in [-0.25, -0.2) is 0 Å². The molecule has 1 heterocycles. The third-order valence-corrected chi connectivity index (χ3v) is 3.27. The molecular weight excluding hydrogens is 252 g/mol. The number of benzene rings is 2.